The summed E-state index contributed by atoms with van der Waals surface area (Å²) in [4.78, 5) is 4.52. The van der Waals surface area contributed by atoms with Crippen molar-refractivity contribution in [1.82, 2.24) is 4.98 Å². The summed E-state index contributed by atoms with van der Waals surface area (Å²) in [5.41, 5.74) is 7.32. The number of fused-ring (bicyclic) bond motifs is 1. The number of benzene rings is 1. The Hall–Kier alpha value is -1.31. The van der Waals surface area contributed by atoms with Gasteiger partial charge in [0, 0.05) is 6.92 Å². The van der Waals surface area contributed by atoms with Crippen LogP contribution in [0.4, 0.5) is 0 Å². The molecule has 0 amide bonds. The van der Waals surface area contributed by atoms with E-state index in [0.717, 1.165) is 17.0 Å². The minimum absolute atomic E-state index is 0.139. The molecule has 92 valence electrons. The Labute approximate surface area is 103 Å². The number of oxazole rings is 1. The maximum Gasteiger partial charge on any atom is 0.192 e. The first-order valence-electron chi connectivity index (χ1n) is 6.11. The average molecular weight is 231 g/mol. The van der Waals surface area contributed by atoms with Crippen molar-refractivity contribution in [3.63, 3.8) is 0 Å². The molecule has 0 unspecified atom stereocenters. The SMILES string of the molecule is Cc1nc2c(C)c(C(C)(C)C)c(C)c(C)c2o1. The molecule has 0 aliphatic carbocycles. The van der Waals surface area contributed by atoms with Gasteiger partial charge in [-0.1, -0.05) is 20.8 Å². The summed E-state index contributed by atoms with van der Waals surface area (Å²) in [5, 5.41) is 0. The van der Waals surface area contributed by atoms with E-state index in [-0.39, 0.29) is 5.41 Å². The molecule has 0 bridgehead atoms. The van der Waals surface area contributed by atoms with Gasteiger partial charge in [-0.15, -0.1) is 0 Å². The largest absolute Gasteiger partial charge is 0.441 e. The third kappa shape index (κ3) is 1.76. The zero-order chi connectivity index (χ0) is 13.0. The highest BCUT2D eigenvalue weighted by molar-refractivity contribution is 5.83. The fourth-order valence-corrected chi connectivity index (χ4v) is 2.82. The molecular formula is C15H21NO. The third-order valence-electron chi connectivity index (χ3n) is 3.49. The quantitative estimate of drug-likeness (QED) is 0.673. The molecule has 0 aliphatic rings. The summed E-state index contributed by atoms with van der Waals surface area (Å²) in [6, 6.07) is 0. The van der Waals surface area contributed by atoms with Crippen molar-refractivity contribution >= 4 is 11.1 Å². The second-order valence-electron chi connectivity index (χ2n) is 5.91. The van der Waals surface area contributed by atoms with E-state index < -0.39 is 0 Å². The maximum absolute atomic E-state index is 5.72. The zero-order valence-electron chi connectivity index (χ0n) is 11.9. The van der Waals surface area contributed by atoms with Gasteiger partial charge in [-0.2, -0.15) is 0 Å². The zero-order valence-corrected chi connectivity index (χ0v) is 11.9. The lowest BCUT2D eigenvalue weighted by Gasteiger charge is -2.25. The van der Waals surface area contributed by atoms with Crippen LogP contribution in [0.1, 0.15) is 48.9 Å². The number of hydrogen-bond donors (Lipinski definition) is 0. The molecule has 0 atom stereocenters. The fraction of sp³-hybridized carbons (Fsp3) is 0.533. The molecule has 1 heterocycles. The molecule has 0 fully saturated rings. The van der Waals surface area contributed by atoms with E-state index in [4.69, 9.17) is 4.42 Å². The van der Waals surface area contributed by atoms with E-state index in [1.807, 2.05) is 6.92 Å². The van der Waals surface area contributed by atoms with Crippen molar-refractivity contribution in [3.8, 4) is 0 Å². The maximum atomic E-state index is 5.72. The number of aromatic nitrogens is 1. The van der Waals surface area contributed by atoms with E-state index >= 15 is 0 Å². The molecule has 0 spiro atoms. The molecule has 0 saturated carbocycles. The van der Waals surface area contributed by atoms with E-state index in [2.05, 4.69) is 46.5 Å². The molecule has 0 saturated heterocycles. The van der Waals surface area contributed by atoms with E-state index in [0.29, 0.717) is 0 Å². The number of rotatable bonds is 0. The number of aryl methyl sites for hydroxylation is 3. The molecule has 2 rings (SSSR count). The monoisotopic (exact) mass is 231 g/mol. The van der Waals surface area contributed by atoms with Crippen LogP contribution >= 0.6 is 0 Å². The first-order valence-corrected chi connectivity index (χ1v) is 6.11. The smallest absolute Gasteiger partial charge is 0.192 e. The Balaban J connectivity index is 2.96. The van der Waals surface area contributed by atoms with Gasteiger partial charge in [0.1, 0.15) is 5.52 Å². The molecule has 2 nitrogen and oxygen atoms in total. The summed E-state index contributed by atoms with van der Waals surface area (Å²) in [6.45, 7) is 15.1. The minimum atomic E-state index is 0.139. The van der Waals surface area contributed by atoms with Crippen LogP contribution in [0, 0.1) is 27.7 Å². The van der Waals surface area contributed by atoms with Crippen molar-refractivity contribution in [2.24, 2.45) is 0 Å². The Morgan fingerprint density at radius 3 is 2.00 bits per heavy atom. The van der Waals surface area contributed by atoms with Gasteiger partial charge in [0.2, 0.25) is 0 Å². The predicted octanol–water partition coefficient (Wildman–Crippen LogP) is 4.36. The Morgan fingerprint density at radius 2 is 1.47 bits per heavy atom. The lowest BCUT2D eigenvalue weighted by atomic mass is 9.79. The third-order valence-corrected chi connectivity index (χ3v) is 3.49. The van der Waals surface area contributed by atoms with Crippen LogP contribution in [0.5, 0.6) is 0 Å². The van der Waals surface area contributed by atoms with Crippen LogP contribution in [0.2, 0.25) is 0 Å². The Bertz CT molecular complexity index is 585. The normalized spacial score (nSPS) is 12.4. The average Bonchev–Trinajstić information content (AvgIpc) is 2.55. The van der Waals surface area contributed by atoms with Crippen molar-refractivity contribution in [3.05, 3.63) is 28.1 Å². The highest BCUT2D eigenvalue weighted by atomic mass is 16.3. The van der Waals surface area contributed by atoms with Gasteiger partial charge in [-0.3, -0.25) is 0 Å². The van der Waals surface area contributed by atoms with Crippen LogP contribution < -0.4 is 0 Å². The molecule has 0 aliphatic heterocycles. The van der Waals surface area contributed by atoms with Gasteiger partial charge in [-0.25, -0.2) is 4.98 Å². The van der Waals surface area contributed by atoms with Crippen molar-refractivity contribution in [2.75, 3.05) is 0 Å². The van der Waals surface area contributed by atoms with Crippen LogP contribution in [0.3, 0.4) is 0 Å². The summed E-state index contributed by atoms with van der Waals surface area (Å²) < 4.78 is 5.72. The fourth-order valence-electron chi connectivity index (χ4n) is 2.82. The van der Waals surface area contributed by atoms with E-state index in [9.17, 15) is 0 Å². The molecule has 2 aromatic rings. The Kier molecular flexibility index (Phi) is 2.57. The molecular weight excluding hydrogens is 210 g/mol. The Morgan fingerprint density at radius 1 is 0.882 bits per heavy atom. The minimum Gasteiger partial charge on any atom is -0.441 e. The first kappa shape index (κ1) is 12.2. The second kappa shape index (κ2) is 3.59. The predicted molar refractivity (Wildman–Crippen MR) is 71.7 cm³/mol. The van der Waals surface area contributed by atoms with Gasteiger partial charge < -0.3 is 4.42 Å². The first-order chi connectivity index (χ1) is 7.73. The molecule has 1 aromatic heterocycles. The van der Waals surface area contributed by atoms with Crippen LogP contribution in [-0.4, -0.2) is 4.98 Å². The summed E-state index contributed by atoms with van der Waals surface area (Å²) in [7, 11) is 0. The number of hydrogen-bond acceptors (Lipinski definition) is 2. The topological polar surface area (TPSA) is 26.0 Å². The van der Waals surface area contributed by atoms with Gasteiger partial charge in [0.05, 0.1) is 0 Å². The lowest BCUT2D eigenvalue weighted by Crippen LogP contribution is -2.16. The van der Waals surface area contributed by atoms with Crippen molar-refractivity contribution in [2.45, 2.75) is 53.9 Å². The highest BCUT2D eigenvalue weighted by Crippen LogP contribution is 2.36. The molecule has 0 N–H and O–H groups in total. The molecule has 0 radical (unpaired) electrons. The standard InChI is InChI=1S/C15H21NO/c1-8-9(2)14-13(16-11(4)17-14)10(3)12(8)15(5,6)7/h1-7H3. The van der Waals surface area contributed by atoms with E-state index in [1.165, 1.54) is 22.3 Å². The summed E-state index contributed by atoms with van der Waals surface area (Å²) in [5.74, 6) is 0.747. The highest BCUT2D eigenvalue weighted by Gasteiger charge is 2.24. The van der Waals surface area contributed by atoms with Crippen LogP contribution in [-0.2, 0) is 5.41 Å². The molecule has 17 heavy (non-hydrogen) atoms. The summed E-state index contributed by atoms with van der Waals surface area (Å²) in [6.07, 6.45) is 0. The van der Waals surface area contributed by atoms with Gasteiger partial charge in [0.25, 0.3) is 0 Å². The van der Waals surface area contributed by atoms with Crippen molar-refractivity contribution in [1.29, 1.82) is 0 Å². The van der Waals surface area contributed by atoms with E-state index in [1.54, 1.807) is 0 Å². The van der Waals surface area contributed by atoms with Crippen LogP contribution in [0.15, 0.2) is 4.42 Å². The van der Waals surface area contributed by atoms with Gasteiger partial charge >= 0.3 is 0 Å². The van der Waals surface area contributed by atoms with Crippen molar-refractivity contribution < 1.29 is 4.42 Å². The van der Waals surface area contributed by atoms with Gasteiger partial charge in [-0.05, 0) is 48.4 Å². The molecule has 2 heteroatoms. The summed E-state index contributed by atoms with van der Waals surface area (Å²) >= 11 is 0. The van der Waals surface area contributed by atoms with Crippen LogP contribution in [0.25, 0.3) is 11.1 Å². The van der Waals surface area contributed by atoms with Gasteiger partial charge in [0.15, 0.2) is 11.5 Å². The molecule has 1 aromatic carbocycles. The number of nitrogens with zero attached hydrogens (tertiary/aromatic N) is 1. The second-order valence-corrected chi connectivity index (χ2v) is 5.91. The lowest BCUT2D eigenvalue weighted by molar-refractivity contribution is 0.557.